The molecular formula is C39H42N2O8. The minimum atomic E-state index is -0.0408. The molecule has 0 radical (unpaired) electrons. The molecule has 4 aromatic rings. The molecule has 2 unspecified atom stereocenters. The largest absolute Gasteiger partial charge is 0.497 e. The fraction of sp³-hybridized carbons (Fsp3) is 0.385. The van der Waals surface area contributed by atoms with Gasteiger partial charge in [0.2, 0.25) is 24.0 Å². The predicted molar refractivity (Wildman–Crippen MR) is 184 cm³/mol. The van der Waals surface area contributed by atoms with E-state index in [-0.39, 0.29) is 18.9 Å². The first-order valence-corrected chi connectivity index (χ1v) is 16.7. The molecule has 0 aromatic heterocycles. The molecule has 5 aliphatic heterocycles. The first-order chi connectivity index (χ1) is 23.9. The molecule has 5 aliphatic rings. The van der Waals surface area contributed by atoms with Crippen LogP contribution in [0.25, 0.3) is 0 Å². The highest BCUT2D eigenvalue weighted by Gasteiger charge is 2.40. The summed E-state index contributed by atoms with van der Waals surface area (Å²) in [6, 6.07) is 16.5. The topological polar surface area (TPSA) is 80.3 Å². The summed E-state index contributed by atoms with van der Waals surface area (Å²) in [5, 5.41) is 0. The van der Waals surface area contributed by atoms with Crippen molar-refractivity contribution < 1.29 is 37.9 Å². The Morgan fingerprint density at radius 1 is 0.653 bits per heavy atom. The molecule has 6 bridgehead atoms. The van der Waals surface area contributed by atoms with Crippen molar-refractivity contribution in [2.24, 2.45) is 0 Å². The average Bonchev–Trinajstić information content (AvgIpc) is 3.61. The van der Waals surface area contributed by atoms with Gasteiger partial charge < -0.3 is 37.9 Å². The zero-order valence-electron chi connectivity index (χ0n) is 28.9. The normalized spacial score (nSPS) is 19.6. The third-order valence-corrected chi connectivity index (χ3v) is 10.5. The van der Waals surface area contributed by atoms with Crippen LogP contribution in [-0.2, 0) is 25.7 Å². The van der Waals surface area contributed by atoms with E-state index in [1.54, 1.807) is 28.4 Å². The van der Waals surface area contributed by atoms with Crippen LogP contribution < -0.4 is 37.9 Å². The fourth-order valence-electron chi connectivity index (χ4n) is 7.88. The van der Waals surface area contributed by atoms with Crippen LogP contribution in [0.15, 0.2) is 48.5 Å². The summed E-state index contributed by atoms with van der Waals surface area (Å²) in [5.41, 5.74) is 6.51. The molecule has 5 heterocycles. The molecule has 0 spiro atoms. The minimum absolute atomic E-state index is 0.00586. The van der Waals surface area contributed by atoms with Gasteiger partial charge in [-0.1, -0.05) is 18.2 Å². The van der Waals surface area contributed by atoms with Gasteiger partial charge >= 0.3 is 0 Å². The average molecular weight is 667 g/mol. The quantitative estimate of drug-likeness (QED) is 0.230. The second kappa shape index (κ2) is 12.6. The Bertz CT molecular complexity index is 1910. The molecule has 49 heavy (non-hydrogen) atoms. The van der Waals surface area contributed by atoms with Crippen LogP contribution in [-0.4, -0.2) is 72.2 Å². The van der Waals surface area contributed by atoms with E-state index in [1.165, 1.54) is 0 Å². The molecule has 0 fully saturated rings. The molecule has 4 aromatic carbocycles. The SMILES string of the molecule is COc1ccc2c(c1)Oc1ccc(cc1)CC1c3c(c(OC)c4c(c3Oc3c5c(cc(OC)c3OC)C(C2)N(C)CC5)OCO4)CCN1C. The van der Waals surface area contributed by atoms with Gasteiger partial charge in [0.15, 0.2) is 23.0 Å². The zero-order valence-corrected chi connectivity index (χ0v) is 28.9. The van der Waals surface area contributed by atoms with E-state index >= 15 is 0 Å². The van der Waals surface area contributed by atoms with Crippen LogP contribution in [0, 0.1) is 0 Å². The molecule has 0 aliphatic carbocycles. The highest BCUT2D eigenvalue weighted by molar-refractivity contribution is 5.72. The summed E-state index contributed by atoms with van der Waals surface area (Å²) in [7, 11) is 11.0. The van der Waals surface area contributed by atoms with Crippen LogP contribution in [0.5, 0.6) is 57.5 Å². The van der Waals surface area contributed by atoms with Gasteiger partial charge in [0.1, 0.15) is 17.2 Å². The van der Waals surface area contributed by atoms with Crippen molar-refractivity contribution in [3.63, 3.8) is 0 Å². The number of rotatable bonds is 4. The lowest BCUT2D eigenvalue weighted by molar-refractivity contribution is 0.169. The molecular weight excluding hydrogens is 624 g/mol. The maximum absolute atomic E-state index is 7.24. The van der Waals surface area contributed by atoms with E-state index in [4.69, 9.17) is 37.9 Å². The van der Waals surface area contributed by atoms with Crippen molar-refractivity contribution in [1.82, 2.24) is 9.80 Å². The lowest BCUT2D eigenvalue weighted by atomic mass is 9.86. The first-order valence-electron chi connectivity index (χ1n) is 16.7. The van der Waals surface area contributed by atoms with Gasteiger partial charge in [0, 0.05) is 47.9 Å². The van der Waals surface area contributed by atoms with Crippen molar-refractivity contribution in [1.29, 1.82) is 0 Å². The fourth-order valence-corrected chi connectivity index (χ4v) is 7.88. The molecule has 2 atom stereocenters. The summed E-state index contributed by atoms with van der Waals surface area (Å²) in [4.78, 5) is 4.76. The van der Waals surface area contributed by atoms with E-state index in [9.17, 15) is 0 Å². The third-order valence-electron chi connectivity index (χ3n) is 10.5. The summed E-state index contributed by atoms with van der Waals surface area (Å²) in [6.45, 7) is 1.75. The van der Waals surface area contributed by atoms with Crippen LogP contribution in [0.1, 0.15) is 45.5 Å². The second-order valence-corrected chi connectivity index (χ2v) is 13.1. The van der Waals surface area contributed by atoms with Gasteiger partial charge in [-0.3, -0.25) is 9.80 Å². The van der Waals surface area contributed by atoms with Gasteiger partial charge in [0.25, 0.3) is 0 Å². The Morgan fingerprint density at radius 3 is 2.12 bits per heavy atom. The van der Waals surface area contributed by atoms with Crippen molar-refractivity contribution in [2.75, 3.05) is 62.4 Å². The third kappa shape index (κ3) is 5.25. The van der Waals surface area contributed by atoms with Crippen molar-refractivity contribution in [2.45, 2.75) is 37.8 Å². The molecule has 10 nitrogen and oxygen atoms in total. The van der Waals surface area contributed by atoms with Gasteiger partial charge in [-0.25, -0.2) is 0 Å². The number of benzene rings is 4. The van der Waals surface area contributed by atoms with Gasteiger partial charge in [0.05, 0.1) is 28.4 Å². The summed E-state index contributed by atoms with van der Waals surface area (Å²) < 4.78 is 49.9. The lowest BCUT2D eigenvalue weighted by Gasteiger charge is -2.38. The maximum atomic E-state index is 7.24. The van der Waals surface area contributed by atoms with Gasteiger partial charge in [-0.2, -0.15) is 0 Å². The summed E-state index contributed by atoms with van der Waals surface area (Å²) in [6.07, 6.45) is 2.95. The highest BCUT2D eigenvalue weighted by atomic mass is 16.7. The lowest BCUT2D eigenvalue weighted by Crippen LogP contribution is -2.34. The van der Waals surface area contributed by atoms with Crippen LogP contribution >= 0.6 is 0 Å². The minimum Gasteiger partial charge on any atom is -0.497 e. The van der Waals surface area contributed by atoms with Crippen LogP contribution in [0.4, 0.5) is 0 Å². The Hall–Kier alpha value is -4.80. The second-order valence-electron chi connectivity index (χ2n) is 13.1. The standard InChI is InChI=1S/C39H42N2O8/c1-40-15-13-26-28-20-32(43-4)36(45-6)35(26)49-37-33-27(34(44-5)38-39(37)47-21-46-38)14-16-41(2)30(33)17-22-7-10-24(11-8-22)48-31-19-25(42-3)12-9-23(31)18-29(28)40/h7-12,19-20,29-30H,13-18,21H2,1-6H3. The summed E-state index contributed by atoms with van der Waals surface area (Å²) in [5.74, 6) is 6.50. The number of methoxy groups -OCH3 is 4. The Balaban J connectivity index is 1.41. The van der Waals surface area contributed by atoms with E-state index in [0.717, 1.165) is 83.0 Å². The van der Waals surface area contributed by atoms with Gasteiger partial charge in [-0.05, 0) is 80.7 Å². The molecule has 9 rings (SSSR count). The Morgan fingerprint density at radius 2 is 1.39 bits per heavy atom. The van der Waals surface area contributed by atoms with Crippen LogP contribution in [0.3, 0.4) is 0 Å². The molecule has 10 heteroatoms. The van der Waals surface area contributed by atoms with E-state index in [0.29, 0.717) is 46.7 Å². The van der Waals surface area contributed by atoms with Crippen molar-refractivity contribution >= 4 is 0 Å². The van der Waals surface area contributed by atoms with E-state index < -0.39 is 0 Å². The molecule has 0 saturated carbocycles. The van der Waals surface area contributed by atoms with Gasteiger partial charge in [-0.15, -0.1) is 0 Å². The Labute approximate surface area is 286 Å². The van der Waals surface area contributed by atoms with Crippen molar-refractivity contribution in [3.05, 3.63) is 81.9 Å². The summed E-state index contributed by atoms with van der Waals surface area (Å²) >= 11 is 0. The first kappa shape index (κ1) is 31.5. The highest BCUT2D eigenvalue weighted by Crippen LogP contribution is 2.59. The molecule has 0 amide bonds. The number of ether oxygens (including phenoxy) is 8. The molecule has 0 saturated heterocycles. The monoisotopic (exact) mass is 666 g/mol. The van der Waals surface area contributed by atoms with Crippen molar-refractivity contribution in [3.8, 4) is 57.5 Å². The van der Waals surface area contributed by atoms with E-state index in [1.807, 2.05) is 24.3 Å². The smallest absolute Gasteiger partial charge is 0.231 e. The predicted octanol–water partition coefficient (Wildman–Crippen LogP) is 6.89. The van der Waals surface area contributed by atoms with E-state index in [2.05, 4.69) is 48.2 Å². The molecule has 256 valence electrons. The zero-order chi connectivity index (χ0) is 33.8. The van der Waals surface area contributed by atoms with Crippen LogP contribution in [0.2, 0.25) is 0 Å². The number of hydrogen-bond acceptors (Lipinski definition) is 10. The maximum Gasteiger partial charge on any atom is 0.231 e. The number of fused-ring (bicyclic) bond motifs is 3. The number of likely N-dealkylation sites (N-methyl/N-ethyl adjacent to an activating group) is 2. The Kier molecular flexibility index (Phi) is 8.08. The molecule has 0 N–H and O–H groups in total. The number of nitrogens with zero attached hydrogens (tertiary/aromatic N) is 2. The number of hydrogen-bond donors (Lipinski definition) is 0.